The largest absolute Gasteiger partial charge is 0.327 e. The second-order valence-electron chi connectivity index (χ2n) is 5.64. The maximum Gasteiger partial charge on any atom is 0.279 e. The van der Waals surface area contributed by atoms with Crippen LogP contribution in [0.25, 0.3) is 0 Å². The first-order valence-electron chi connectivity index (χ1n) is 6.94. The highest BCUT2D eigenvalue weighted by atomic mass is 127. The number of hydrogen-bond donors (Lipinski definition) is 2. The topological polar surface area (TPSA) is 33.5 Å². The van der Waals surface area contributed by atoms with Crippen molar-refractivity contribution in [1.82, 2.24) is 0 Å². The van der Waals surface area contributed by atoms with Gasteiger partial charge in [0, 0.05) is 15.2 Å². The van der Waals surface area contributed by atoms with Crippen molar-refractivity contribution in [3.8, 4) is 0 Å². The summed E-state index contributed by atoms with van der Waals surface area (Å²) in [6, 6.07) is 6.11. The molecule has 2 atom stereocenters. The third-order valence-corrected chi connectivity index (χ3v) is 4.41. The maximum absolute atomic E-state index is 12.1. The standard InChI is InChI=1S/C15H21IN2O/c1-11-4-3-7-18(9-11)10-15(19)17-14-6-5-13(16)8-12(14)2/h5-6,8,11H,3-4,7,9-10H2,1-2H3,(H,17,19)/p+1/t11-/m0/s1. The minimum absolute atomic E-state index is 0.133. The predicted molar refractivity (Wildman–Crippen MR) is 86.5 cm³/mol. The zero-order chi connectivity index (χ0) is 13.8. The summed E-state index contributed by atoms with van der Waals surface area (Å²) in [4.78, 5) is 13.5. The van der Waals surface area contributed by atoms with Crippen molar-refractivity contribution < 1.29 is 9.69 Å². The van der Waals surface area contributed by atoms with Crippen LogP contribution in [0.3, 0.4) is 0 Å². The van der Waals surface area contributed by atoms with Gasteiger partial charge >= 0.3 is 0 Å². The number of hydrogen-bond acceptors (Lipinski definition) is 1. The van der Waals surface area contributed by atoms with E-state index in [4.69, 9.17) is 0 Å². The molecule has 104 valence electrons. The molecular weight excluding hydrogens is 351 g/mol. The van der Waals surface area contributed by atoms with E-state index in [0.717, 1.165) is 30.3 Å². The van der Waals surface area contributed by atoms with E-state index in [1.165, 1.54) is 21.3 Å². The van der Waals surface area contributed by atoms with Crippen LogP contribution < -0.4 is 10.2 Å². The van der Waals surface area contributed by atoms with Crippen LogP contribution in [0, 0.1) is 16.4 Å². The molecule has 0 bridgehead atoms. The molecule has 0 spiro atoms. The Kier molecular flexibility index (Phi) is 5.21. The lowest BCUT2D eigenvalue weighted by molar-refractivity contribution is -0.900. The molecule has 19 heavy (non-hydrogen) atoms. The number of halogens is 1. The summed E-state index contributed by atoms with van der Waals surface area (Å²) in [5.41, 5.74) is 2.07. The zero-order valence-electron chi connectivity index (χ0n) is 11.6. The molecule has 1 heterocycles. The molecule has 4 heteroatoms. The fraction of sp³-hybridized carbons (Fsp3) is 0.533. The third kappa shape index (κ3) is 4.45. The van der Waals surface area contributed by atoms with Crippen LogP contribution in [0.1, 0.15) is 25.3 Å². The second-order valence-corrected chi connectivity index (χ2v) is 6.88. The summed E-state index contributed by atoms with van der Waals surface area (Å²) < 4.78 is 1.20. The van der Waals surface area contributed by atoms with E-state index in [9.17, 15) is 4.79 Å². The highest BCUT2D eigenvalue weighted by Crippen LogP contribution is 2.17. The van der Waals surface area contributed by atoms with Gasteiger partial charge in [-0.2, -0.15) is 0 Å². The van der Waals surface area contributed by atoms with Crippen molar-refractivity contribution in [3.05, 3.63) is 27.3 Å². The Balaban J connectivity index is 1.90. The zero-order valence-corrected chi connectivity index (χ0v) is 13.8. The van der Waals surface area contributed by atoms with Crippen molar-refractivity contribution in [2.45, 2.75) is 26.7 Å². The molecule has 1 aromatic rings. The molecule has 3 nitrogen and oxygen atoms in total. The molecule has 1 fully saturated rings. The predicted octanol–water partition coefficient (Wildman–Crippen LogP) is 1.85. The Morgan fingerprint density at radius 2 is 2.32 bits per heavy atom. The van der Waals surface area contributed by atoms with Crippen LogP contribution in [0.15, 0.2) is 18.2 Å². The fourth-order valence-corrected chi connectivity index (χ4v) is 3.39. The number of nitrogens with one attached hydrogen (secondary N) is 2. The molecule has 1 amide bonds. The SMILES string of the molecule is Cc1cc(I)ccc1NC(=O)C[NH+]1CCC[C@H](C)C1. The van der Waals surface area contributed by atoms with E-state index in [1.807, 2.05) is 19.1 Å². The minimum atomic E-state index is 0.133. The van der Waals surface area contributed by atoms with E-state index in [1.54, 1.807) is 0 Å². The smallest absolute Gasteiger partial charge is 0.279 e. The fourth-order valence-electron chi connectivity index (χ4n) is 2.75. The van der Waals surface area contributed by atoms with Crippen LogP contribution in [0.2, 0.25) is 0 Å². The average Bonchev–Trinajstić information content (AvgIpc) is 2.33. The van der Waals surface area contributed by atoms with Crippen molar-refractivity contribution >= 4 is 34.2 Å². The highest BCUT2D eigenvalue weighted by Gasteiger charge is 2.22. The lowest BCUT2D eigenvalue weighted by Gasteiger charge is -2.27. The van der Waals surface area contributed by atoms with Gasteiger partial charge in [-0.05, 0) is 66.1 Å². The van der Waals surface area contributed by atoms with Gasteiger partial charge in [0.15, 0.2) is 6.54 Å². The lowest BCUT2D eigenvalue weighted by Crippen LogP contribution is -3.14. The van der Waals surface area contributed by atoms with Gasteiger partial charge < -0.3 is 10.2 Å². The lowest BCUT2D eigenvalue weighted by atomic mass is 10.0. The Morgan fingerprint density at radius 3 is 3.00 bits per heavy atom. The van der Waals surface area contributed by atoms with Crippen molar-refractivity contribution in [1.29, 1.82) is 0 Å². The van der Waals surface area contributed by atoms with Gasteiger partial charge in [0.25, 0.3) is 5.91 Å². The minimum Gasteiger partial charge on any atom is -0.327 e. The number of quaternary nitrogens is 1. The summed E-state index contributed by atoms with van der Waals surface area (Å²) >= 11 is 2.29. The number of aryl methyl sites for hydroxylation is 1. The Hall–Kier alpha value is -0.620. The van der Waals surface area contributed by atoms with Gasteiger partial charge in [0.05, 0.1) is 13.1 Å². The first-order valence-corrected chi connectivity index (χ1v) is 8.02. The number of carbonyl (C=O) groups is 1. The van der Waals surface area contributed by atoms with Gasteiger partial charge in [0.1, 0.15) is 0 Å². The number of benzene rings is 1. The molecule has 2 rings (SSSR count). The van der Waals surface area contributed by atoms with Gasteiger partial charge in [0.2, 0.25) is 0 Å². The molecule has 1 saturated heterocycles. The molecule has 0 saturated carbocycles. The van der Waals surface area contributed by atoms with Crippen LogP contribution in [-0.4, -0.2) is 25.5 Å². The molecule has 1 aliphatic rings. The number of amides is 1. The molecule has 1 unspecified atom stereocenters. The average molecular weight is 373 g/mol. The van der Waals surface area contributed by atoms with Crippen molar-refractivity contribution in [2.75, 3.05) is 25.0 Å². The van der Waals surface area contributed by atoms with Crippen LogP contribution in [-0.2, 0) is 4.79 Å². The first kappa shape index (κ1) is 14.8. The maximum atomic E-state index is 12.1. The van der Waals surface area contributed by atoms with E-state index < -0.39 is 0 Å². The molecule has 1 aliphatic heterocycles. The van der Waals surface area contributed by atoms with Crippen LogP contribution in [0.5, 0.6) is 0 Å². The normalized spacial score (nSPS) is 23.1. The van der Waals surface area contributed by atoms with Gasteiger partial charge in [-0.1, -0.05) is 6.92 Å². The van der Waals surface area contributed by atoms with Crippen molar-refractivity contribution in [2.24, 2.45) is 5.92 Å². The van der Waals surface area contributed by atoms with E-state index in [-0.39, 0.29) is 5.91 Å². The molecule has 2 N–H and O–H groups in total. The van der Waals surface area contributed by atoms with Crippen LogP contribution in [0.4, 0.5) is 5.69 Å². The highest BCUT2D eigenvalue weighted by molar-refractivity contribution is 14.1. The molecule has 0 aromatic heterocycles. The molecule has 1 aromatic carbocycles. The number of carbonyl (C=O) groups excluding carboxylic acids is 1. The summed E-state index contributed by atoms with van der Waals surface area (Å²) in [5.74, 6) is 0.880. The molecule has 0 radical (unpaired) electrons. The Morgan fingerprint density at radius 1 is 1.53 bits per heavy atom. The Labute approximate surface area is 128 Å². The van der Waals surface area contributed by atoms with Gasteiger partial charge in [-0.15, -0.1) is 0 Å². The molecule has 0 aliphatic carbocycles. The van der Waals surface area contributed by atoms with E-state index in [2.05, 4.69) is 40.9 Å². The quantitative estimate of drug-likeness (QED) is 0.780. The summed E-state index contributed by atoms with van der Waals surface area (Å²) in [6.45, 7) is 7.16. The second kappa shape index (κ2) is 6.70. The monoisotopic (exact) mass is 373 g/mol. The summed E-state index contributed by atoms with van der Waals surface area (Å²) in [5, 5.41) is 3.04. The van der Waals surface area contributed by atoms with Crippen molar-refractivity contribution in [3.63, 3.8) is 0 Å². The number of likely N-dealkylation sites (tertiary alicyclic amines) is 1. The number of anilines is 1. The first-order chi connectivity index (χ1) is 9.04. The number of piperidine rings is 1. The van der Waals surface area contributed by atoms with Gasteiger partial charge in [-0.25, -0.2) is 0 Å². The van der Waals surface area contributed by atoms with E-state index >= 15 is 0 Å². The molecular formula is C15H22IN2O+. The Bertz CT molecular complexity index is 461. The van der Waals surface area contributed by atoms with Gasteiger partial charge in [-0.3, -0.25) is 4.79 Å². The third-order valence-electron chi connectivity index (χ3n) is 3.74. The summed E-state index contributed by atoms with van der Waals surface area (Å²) in [6.07, 6.45) is 2.55. The number of rotatable bonds is 3. The van der Waals surface area contributed by atoms with Crippen LogP contribution >= 0.6 is 22.6 Å². The summed E-state index contributed by atoms with van der Waals surface area (Å²) in [7, 11) is 0. The van der Waals surface area contributed by atoms with E-state index in [0.29, 0.717) is 6.54 Å².